The summed E-state index contributed by atoms with van der Waals surface area (Å²) in [4.78, 5) is 52.2. The van der Waals surface area contributed by atoms with E-state index < -0.39 is 74.9 Å². The maximum absolute atomic E-state index is 13.3. The zero-order chi connectivity index (χ0) is 46.8. The Morgan fingerprint density at radius 3 is 1.67 bits per heavy atom. The van der Waals surface area contributed by atoms with Crippen LogP contribution >= 0.6 is 7.60 Å². The monoisotopic (exact) mass is 926 g/mol. The highest BCUT2D eigenvalue weighted by atomic mass is 31.2. The van der Waals surface area contributed by atoms with Gasteiger partial charge in [0, 0.05) is 19.0 Å². The lowest BCUT2D eigenvalue weighted by molar-refractivity contribution is -0.161. The van der Waals surface area contributed by atoms with E-state index in [4.69, 9.17) is 24.5 Å². The molecule has 2 heterocycles. The minimum atomic E-state index is -5.08. The molecule has 1 aromatic rings. The van der Waals surface area contributed by atoms with Crippen molar-refractivity contribution in [1.29, 1.82) is 0 Å². The molecule has 2 unspecified atom stereocenters. The molecule has 1 aliphatic heterocycles. The molecular formula is C48H84N3O12P. The number of anilines is 1. The molecule has 0 amide bonds. The maximum atomic E-state index is 13.3. The van der Waals surface area contributed by atoms with Crippen LogP contribution in [-0.4, -0.2) is 85.2 Å². The zero-order valence-electron chi connectivity index (χ0n) is 39.1. The number of rotatable bonds is 39. The summed E-state index contributed by atoms with van der Waals surface area (Å²) >= 11 is 0. The lowest BCUT2D eigenvalue weighted by Crippen LogP contribution is -2.39. The van der Waals surface area contributed by atoms with E-state index in [2.05, 4.69) is 43.1 Å². The van der Waals surface area contributed by atoms with Crippen molar-refractivity contribution in [3.63, 3.8) is 0 Å². The molecule has 7 atom stereocenters. The standard InChI is InChI=1S/C48H84N3O12P/c1-3-5-7-9-11-13-15-17-19-21-23-25-27-29-31-33-41(52)60-37-39(62-42(53)34-32-30-28-26-24-22-20-18-16-14-12-10-8-6-4-2)38-61-64(58,59)47(56)45-43(54)44(55)46(63-45)51-36-35-40(49)50-48(51)57/h17-20,35-36,39,43-47,54-56H,3-16,21-34,37-38H2,1-2H3,(H,58,59)(H2,49,50,57)/b19-17-,20-18-/t39-,43+,44-,45+,46-,47?/m1/s1. The first-order valence-corrected chi connectivity index (χ1v) is 26.2. The Labute approximate surface area is 383 Å². The van der Waals surface area contributed by atoms with Crippen molar-refractivity contribution in [2.24, 2.45) is 0 Å². The molecule has 16 heteroatoms. The summed E-state index contributed by atoms with van der Waals surface area (Å²) in [6.07, 6.45) is 31.0. The molecule has 1 fully saturated rings. The molecule has 0 aromatic carbocycles. The lowest BCUT2D eigenvalue weighted by Gasteiger charge is -2.26. The number of aromatic nitrogens is 2. The minimum absolute atomic E-state index is 0.0810. The maximum Gasteiger partial charge on any atom is 0.359 e. The van der Waals surface area contributed by atoms with E-state index in [-0.39, 0.29) is 18.7 Å². The molecule has 0 radical (unpaired) electrons. The SMILES string of the molecule is CCCCCCCC/C=C\CCCCCCCC(=O)OC[C@H](COP(=O)(O)C(O)[C@H]1O[C@@H](n2ccc(N)nc2=O)[C@H](O)[C@@H]1O)OC(=O)CCCCCCC/C=C\CCCCCCCC. The number of carbonyl (C=O) groups excluding carboxylic acids is 2. The third-order valence-corrected chi connectivity index (χ3v) is 13.0. The predicted octanol–water partition coefficient (Wildman–Crippen LogP) is 9.50. The van der Waals surface area contributed by atoms with Gasteiger partial charge in [0.05, 0.1) is 6.61 Å². The number of aliphatic hydroxyl groups excluding tert-OH is 3. The molecule has 1 aromatic heterocycles. The summed E-state index contributed by atoms with van der Waals surface area (Å²) in [5.41, 5.74) is 4.60. The van der Waals surface area contributed by atoms with Gasteiger partial charge in [0.25, 0.3) is 0 Å². The van der Waals surface area contributed by atoms with Crippen molar-refractivity contribution in [2.75, 3.05) is 18.9 Å². The van der Waals surface area contributed by atoms with Crippen LogP contribution in [0.4, 0.5) is 5.82 Å². The van der Waals surface area contributed by atoms with Crippen LogP contribution in [-0.2, 0) is 32.9 Å². The summed E-state index contributed by atoms with van der Waals surface area (Å²) in [6, 6.07) is 1.25. The van der Waals surface area contributed by atoms with Gasteiger partial charge < -0.3 is 44.7 Å². The topological polar surface area (TPSA) is 230 Å². The van der Waals surface area contributed by atoms with Crippen molar-refractivity contribution in [1.82, 2.24) is 9.55 Å². The number of carbonyl (C=O) groups is 2. The van der Waals surface area contributed by atoms with Gasteiger partial charge in [-0.25, -0.2) is 4.79 Å². The average molecular weight is 926 g/mol. The Bertz CT molecular complexity index is 1560. The Hall–Kier alpha value is -2.91. The Balaban J connectivity index is 1.81. The van der Waals surface area contributed by atoms with E-state index in [1.54, 1.807) is 0 Å². The second kappa shape index (κ2) is 35.3. The normalized spacial score (nSPS) is 19.6. The van der Waals surface area contributed by atoms with Crippen molar-refractivity contribution in [3.8, 4) is 0 Å². The second-order valence-electron chi connectivity index (χ2n) is 17.3. The Morgan fingerprint density at radius 1 is 0.734 bits per heavy atom. The number of esters is 2. The van der Waals surface area contributed by atoms with E-state index in [0.717, 1.165) is 87.8 Å². The van der Waals surface area contributed by atoms with Gasteiger partial charge in [-0.15, -0.1) is 0 Å². The Kier molecular flexibility index (Phi) is 31.6. The quantitative estimate of drug-likeness (QED) is 0.0179. The van der Waals surface area contributed by atoms with Crippen LogP contribution in [0.1, 0.15) is 200 Å². The largest absolute Gasteiger partial charge is 0.462 e. The highest BCUT2D eigenvalue weighted by molar-refractivity contribution is 7.53. The fourth-order valence-electron chi connectivity index (χ4n) is 7.53. The van der Waals surface area contributed by atoms with Gasteiger partial charge in [0.15, 0.2) is 18.2 Å². The van der Waals surface area contributed by atoms with Crippen LogP contribution in [0.15, 0.2) is 41.4 Å². The van der Waals surface area contributed by atoms with Crippen molar-refractivity contribution >= 4 is 25.4 Å². The van der Waals surface area contributed by atoms with Crippen LogP contribution in [0.2, 0.25) is 0 Å². The average Bonchev–Trinajstić information content (AvgIpc) is 3.56. The smallest absolute Gasteiger partial charge is 0.359 e. The van der Waals surface area contributed by atoms with E-state index in [1.807, 2.05) is 0 Å². The van der Waals surface area contributed by atoms with Crippen molar-refractivity contribution in [3.05, 3.63) is 47.1 Å². The van der Waals surface area contributed by atoms with Crippen LogP contribution in [0, 0.1) is 0 Å². The number of allylic oxidation sites excluding steroid dienone is 4. The van der Waals surface area contributed by atoms with E-state index >= 15 is 0 Å². The molecule has 0 bridgehead atoms. The van der Waals surface area contributed by atoms with Gasteiger partial charge >= 0.3 is 25.2 Å². The number of unbranched alkanes of at least 4 members (excludes halogenated alkanes) is 22. The van der Waals surface area contributed by atoms with Gasteiger partial charge in [0.2, 0.25) is 0 Å². The molecular weight excluding hydrogens is 842 g/mol. The molecule has 15 nitrogen and oxygen atoms in total. The molecule has 0 aliphatic carbocycles. The highest BCUT2D eigenvalue weighted by Crippen LogP contribution is 2.51. The van der Waals surface area contributed by atoms with Gasteiger partial charge in [0.1, 0.15) is 30.7 Å². The lowest BCUT2D eigenvalue weighted by atomic mass is 10.1. The molecule has 0 spiro atoms. The number of aliphatic hydroxyl groups is 3. The summed E-state index contributed by atoms with van der Waals surface area (Å²) in [5.74, 6) is -3.61. The molecule has 0 saturated carbocycles. The number of nitrogen functional groups attached to an aromatic ring is 1. The summed E-state index contributed by atoms with van der Waals surface area (Å²) in [6.45, 7) is 3.27. The first kappa shape index (κ1) is 57.2. The fourth-order valence-corrected chi connectivity index (χ4v) is 8.68. The summed E-state index contributed by atoms with van der Waals surface area (Å²) in [5, 5.41) is 32.1. The van der Waals surface area contributed by atoms with E-state index in [0.29, 0.717) is 12.8 Å². The van der Waals surface area contributed by atoms with Crippen LogP contribution < -0.4 is 11.4 Å². The van der Waals surface area contributed by atoms with Crippen molar-refractivity contribution in [2.45, 2.75) is 230 Å². The number of nitrogens with zero attached hydrogens (tertiary/aromatic N) is 2. The third-order valence-electron chi connectivity index (χ3n) is 11.5. The van der Waals surface area contributed by atoms with Crippen LogP contribution in [0.5, 0.6) is 0 Å². The van der Waals surface area contributed by atoms with Crippen LogP contribution in [0.3, 0.4) is 0 Å². The number of ether oxygens (including phenoxy) is 3. The van der Waals surface area contributed by atoms with Gasteiger partial charge in [-0.05, 0) is 70.3 Å². The van der Waals surface area contributed by atoms with Crippen molar-refractivity contribution < 1.29 is 53.1 Å². The first-order valence-electron chi connectivity index (χ1n) is 24.6. The van der Waals surface area contributed by atoms with Gasteiger partial charge in [-0.3, -0.25) is 18.7 Å². The molecule has 1 aliphatic rings. The molecule has 2 rings (SSSR count). The zero-order valence-corrected chi connectivity index (χ0v) is 40.0. The van der Waals surface area contributed by atoms with E-state index in [1.165, 1.54) is 83.1 Å². The highest BCUT2D eigenvalue weighted by Gasteiger charge is 2.52. The summed E-state index contributed by atoms with van der Waals surface area (Å²) in [7, 11) is -5.08. The molecule has 1 saturated heterocycles. The van der Waals surface area contributed by atoms with E-state index in [9.17, 15) is 39.2 Å². The molecule has 64 heavy (non-hydrogen) atoms. The van der Waals surface area contributed by atoms with Gasteiger partial charge in [-0.1, -0.05) is 141 Å². The molecule has 368 valence electrons. The van der Waals surface area contributed by atoms with Crippen LogP contribution in [0.25, 0.3) is 0 Å². The third kappa shape index (κ3) is 25.1. The number of nitrogens with two attached hydrogens (primary N) is 1. The number of hydrogen-bond acceptors (Lipinski definition) is 13. The fraction of sp³-hybridized carbons (Fsp3) is 0.792. The number of hydrogen-bond donors (Lipinski definition) is 5. The first-order chi connectivity index (χ1) is 30.9. The second-order valence-corrected chi connectivity index (χ2v) is 19.2. The minimum Gasteiger partial charge on any atom is -0.462 e. The molecule has 6 N–H and O–H groups in total. The predicted molar refractivity (Wildman–Crippen MR) is 250 cm³/mol. The van der Waals surface area contributed by atoms with Gasteiger partial charge in [-0.2, -0.15) is 4.98 Å². The Morgan fingerprint density at radius 2 is 1.19 bits per heavy atom. The summed E-state index contributed by atoms with van der Waals surface area (Å²) < 4.78 is 35.7.